The molecule has 1 aromatic heterocycles. The summed E-state index contributed by atoms with van der Waals surface area (Å²) >= 11 is 0. The number of hydrogen-bond donors (Lipinski definition) is 1. The number of sulfone groups is 1. The molecule has 1 N–H and O–H groups in total. The number of halogens is 1. The summed E-state index contributed by atoms with van der Waals surface area (Å²) in [4.78, 5) is 2.60. The summed E-state index contributed by atoms with van der Waals surface area (Å²) in [7, 11) is -3.07. The number of rotatable bonds is 3. The third-order valence-electron chi connectivity index (χ3n) is 2.48. The summed E-state index contributed by atoms with van der Waals surface area (Å²) < 4.78 is 35.6. The van der Waals surface area contributed by atoms with Crippen LogP contribution in [0.15, 0.2) is 24.3 Å². The molecule has 5 heteroatoms. The fourth-order valence-corrected chi connectivity index (χ4v) is 2.27. The van der Waals surface area contributed by atoms with Gasteiger partial charge >= 0.3 is 0 Å². The minimum atomic E-state index is -3.07. The van der Waals surface area contributed by atoms with Gasteiger partial charge in [-0.2, -0.15) is 4.39 Å². The van der Waals surface area contributed by atoms with E-state index in [9.17, 15) is 12.8 Å². The molecular weight excluding hydrogens is 229 g/mol. The topological polar surface area (TPSA) is 49.9 Å². The van der Waals surface area contributed by atoms with Gasteiger partial charge < -0.3 is 4.98 Å². The van der Waals surface area contributed by atoms with Gasteiger partial charge in [0.25, 0.3) is 0 Å². The molecule has 2 rings (SSSR count). The summed E-state index contributed by atoms with van der Waals surface area (Å²) in [6.07, 6.45) is 1.36. The predicted octanol–water partition coefficient (Wildman–Crippen LogP) is 1.89. The molecule has 0 unspecified atom stereocenters. The van der Waals surface area contributed by atoms with E-state index in [0.29, 0.717) is 11.1 Å². The van der Waals surface area contributed by atoms with Crippen LogP contribution < -0.4 is 0 Å². The Kier molecular flexibility index (Phi) is 2.71. The molecule has 0 saturated heterocycles. The number of fused-ring (bicyclic) bond motifs is 1. The van der Waals surface area contributed by atoms with E-state index in [4.69, 9.17) is 0 Å². The monoisotopic (exact) mass is 241 g/mol. The quantitative estimate of drug-likeness (QED) is 0.892. The molecule has 0 spiro atoms. The maximum absolute atomic E-state index is 13.5. The number of H-pyrrole nitrogens is 1. The SMILES string of the molecule is CS(=O)(=O)CCc1c(F)[nH]c2ccccc12. The molecule has 0 saturated carbocycles. The molecule has 1 aromatic carbocycles. The number of para-hydroxylation sites is 1. The van der Waals surface area contributed by atoms with Crippen LogP contribution in [-0.2, 0) is 16.3 Å². The fraction of sp³-hybridized carbons (Fsp3) is 0.273. The first-order chi connectivity index (χ1) is 7.47. The standard InChI is InChI=1S/C11H12FNO2S/c1-16(14,15)7-6-9-8-4-2-3-5-10(8)13-11(9)12/h2-5,13H,6-7H2,1H3. The van der Waals surface area contributed by atoms with E-state index in [1.54, 1.807) is 24.3 Å². The molecule has 0 bridgehead atoms. The molecule has 2 aromatic rings. The van der Waals surface area contributed by atoms with E-state index in [1.165, 1.54) is 0 Å². The summed E-state index contributed by atoms with van der Waals surface area (Å²) in [5.74, 6) is -0.476. The van der Waals surface area contributed by atoms with Crippen molar-refractivity contribution in [1.82, 2.24) is 4.98 Å². The van der Waals surface area contributed by atoms with Gasteiger partial charge in [0, 0.05) is 22.7 Å². The van der Waals surface area contributed by atoms with Crippen LogP contribution in [0.1, 0.15) is 5.56 Å². The molecule has 0 aliphatic carbocycles. The Morgan fingerprint density at radius 1 is 1.31 bits per heavy atom. The highest BCUT2D eigenvalue weighted by Gasteiger charge is 2.12. The lowest BCUT2D eigenvalue weighted by Gasteiger charge is -1.98. The molecular formula is C11H12FNO2S. The second-order valence-corrected chi connectivity index (χ2v) is 6.10. The third kappa shape index (κ3) is 2.24. The Morgan fingerprint density at radius 3 is 2.69 bits per heavy atom. The Morgan fingerprint density at radius 2 is 2.00 bits per heavy atom. The van der Waals surface area contributed by atoms with E-state index in [2.05, 4.69) is 4.98 Å². The lowest BCUT2D eigenvalue weighted by Crippen LogP contribution is -2.06. The number of benzene rings is 1. The van der Waals surface area contributed by atoms with Crippen molar-refractivity contribution in [3.05, 3.63) is 35.8 Å². The highest BCUT2D eigenvalue weighted by Crippen LogP contribution is 2.21. The summed E-state index contributed by atoms with van der Waals surface area (Å²) in [5.41, 5.74) is 1.14. The maximum Gasteiger partial charge on any atom is 0.195 e. The maximum atomic E-state index is 13.5. The molecule has 0 amide bonds. The van der Waals surface area contributed by atoms with E-state index in [-0.39, 0.29) is 12.2 Å². The van der Waals surface area contributed by atoms with Crippen LogP contribution in [0.25, 0.3) is 10.9 Å². The van der Waals surface area contributed by atoms with Gasteiger partial charge in [-0.05, 0) is 12.5 Å². The van der Waals surface area contributed by atoms with Crippen LogP contribution in [0, 0.1) is 5.95 Å². The van der Waals surface area contributed by atoms with E-state index < -0.39 is 15.8 Å². The highest BCUT2D eigenvalue weighted by molar-refractivity contribution is 7.90. The zero-order valence-corrected chi connectivity index (χ0v) is 9.64. The number of aromatic nitrogens is 1. The average Bonchev–Trinajstić information content (AvgIpc) is 2.49. The number of hydrogen-bond acceptors (Lipinski definition) is 2. The molecule has 0 radical (unpaired) electrons. The largest absolute Gasteiger partial charge is 0.331 e. The number of aromatic amines is 1. The molecule has 0 aliphatic rings. The van der Waals surface area contributed by atoms with Crippen molar-refractivity contribution in [2.24, 2.45) is 0 Å². The van der Waals surface area contributed by atoms with Crippen molar-refractivity contribution in [2.75, 3.05) is 12.0 Å². The van der Waals surface area contributed by atoms with Gasteiger partial charge in [-0.25, -0.2) is 8.42 Å². The smallest absolute Gasteiger partial charge is 0.195 e. The molecule has 3 nitrogen and oxygen atoms in total. The van der Waals surface area contributed by atoms with Crippen molar-refractivity contribution in [1.29, 1.82) is 0 Å². The normalized spacial score (nSPS) is 12.1. The minimum Gasteiger partial charge on any atom is -0.331 e. The van der Waals surface area contributed by atoms with Gasteiger partial charge in [0.15, 0.2) is 5.95 Å². The molecule has 0 fully saturated rings. The third-order valence-corrected chi connectivity index (χ3v) is 3.43. The predicted molar refractivity (Wildman–Crippen MR) is 61.7 cm³/mol. The van der Waals surface area contributed by atoms with Crippen molar-refractivity contribution in [3.63, 3.8) is 0 Å². The van der Waals surface area contributed by atoms with Crippen molar-refractivity contribution in [3.8, 4) is 0 Å². The van der Waals surface area contributed by atoms with Crippen LogP contribution in [0.4, 0.5) is 4.39 Å². The minimum absolute atomic E-state index is 0.0359. The zero-order chi connectivity index (χ0) is 11.8. The van der Waals surface area contributed by atoms with Crippen LogP contribution in [0.3, 0.4) is 0 Å². The molecule has 86 valence electrons. The number of aryl methyl sites for hydroxylation is 1. The lowest BCUT2D eigenvalue weighted by molar-refractivity contribution is 0.579. The van der Waals surface area contributed by atoms with E-state index >= 15 is 0 Å². The first-order valence-corrected chi connectivity index (χ1v) is 6.96. The molecule has 1 heterocycles. The lowest BCUT2D eigenvalue weighted by atomic mass is 10.1. The molecule has 0 atom stereocenters. The molecule has 16 heavy (non-hydrogen) atoms. The second-order valence-electron chi connectivity index (χ2n) is 3.84. The summed E-state index contributed by atoms with van der Waals surface area (Å²) in [6.45, 7) is 0. The zero-order valence-electron chi connectivity index (χ0n) is 8.83. The van der Waals surface area contributed by atoms with Gasteiger partial charge in [-0.3, -0.25) is 0 Å². The summed E-state index contributed by atoms with van der Waals surface area (Å²) in [6, 6.07) is 7.16. The van der Waals surface area contributed by atoms with Crippen LogP contribution in [-0.4, -0.2) is 25.4 Å². The Hall–Kier alpha value is -1.36. The first kappa shape index (κ1) is 11.1. The van der Waals surface area contributed by atoms with Gasteiger partial charge in [0.2, 0.25) is 0 Å². The van der Waals surface area contributed by atoms with Crippen molar-refractivity contribution >= 4 is 20.7 Å². The van der Waals surface area contributed by atoms with Crippen molar-refractivity contribution in [2.45, 2.75) is 6.42 Å². The Balaban J connectivity index is 2.40. The Bertz CT molecular complexity index is 616. The van der Waals surface area contributed by atoms with Gasteiger partial charge in [-0.1, -0.05) is 18.2 Å². The van der Waals surface area contributed by atoms with Crippen LogP contribution >= 0.6 is 0 Å². The van der Waals surface area contributed by atoms with E-state index in [1.807, 2.05) is 0 Å². The highest BCUT2D eigenvalue weighted by atomic mass is 32.2. The summed E-state index contributed by atoms with van der Waals surface area (Å²) in [5, 5.41) is 0.753. The Labute approximate surface area is 93.2 Å². The second kappa shape index (κ2) is 3.90. The fourth-order valence-electron chi connectivity index (χ4n) is 1.70. The van der Waals surface area contributed by atoms with E-state index in [0.717, 1.165) is 11.6 Å². The van der Waals surface area contributed by atoms with Crippen LogP contribution in [0.2, 0.25) is 0 Å². The van der Waals surface area contributed by atoms with Gasteiger partial charge in [0.1, 0.15) is 9.84 Å². The number of nitrogens with one attached hydrogen (secondary N) is 1. The average molecular weight is 241 g/mol. The van der Waals surface area contributed by atoms with Crippen molar-refractivity contribution < 1.29 is 12.8 Å². The van der Waals surface area contributed by atoms with Gasteiger partial charge in [-0.15, -0.1) is 0 Å². The first-order valence-electron chi connectivity index (χ1n) is 4.90. The molecule has 0 aliphatic heterocycles. The van der Waals surface area contributed by atoms with Crippen LogP contribution in [0.5, 0.6) is 0 Å². The van der Waals surface area contributed by atoms with Gasteiger partial charge in [0.05, 0.1) is 5.75 Å².